The van der Waals surface area contributed by atoms with Gasteiger partial charge in [-0.2, -0.15) is 0 Å². The Morgan fingerprint density at radius 3 is 2.44 bits per heavy atom. The normalized spacial score (nSPS) is 17.1. The van der Waals surface area contributed by atoms with E-state index in [4.69, 9.17) is 9.84 Å². The second kappa shape index (κ2) is 6.95. The monoisotopic (exact) mass is 258 g/mol. The number of hydrogen-bond acceptors (Lipinski definition) is 4. The number of ether oxygens (including phenoxy) is 1. The maximum absolute atomic E-state index is 11.7. The minimum Gasteiger partial charge on any atom is -0.480 e. The Hall–Kier alpha value is -1.63. The molecule has 2 N–H and O–H groups in total. The van der Waals surface area contributed by atoms with E-state index in [9.17, 15) is 14.4 Å². The molecule has 1 heterocycles. The summed E-state index contributed by atoms with van der Waals surface area (Å²) in [7, 11) is 0. The number of amides is 2. The van der Waals surface area contributed by atoms with E-state index in [0.29, 0.717) is 26.3 Å². The van der Waals surface area contributed by atoms with E-state index in [2.05, 4.69) is 5.32 Å². The van der Waals surface area contributed by atoms with E-state index in [1.54, 1.807) is 4.90 Å². The van der Waals surface area contributed by atoms with Crippen molar-refractivity contribution in [3.05, 3.63) is 0 Å². The fourth-order valence-corrected chi connectivity index (χ4v) is 1.57. The van der Waals surface area contributed by atoms with Gasteiger partial charge in [0.05, 0.1) is 13.2 Å². The van der Waals surface area contributed by atoms with Crippen LogP contribution in [0.1, 0.15) is 19.8 Å². The van der Waals surface area contributed by atoms with Crippen LogP contribution >= 0.6 is 0 Å². The van der Waals surface area contributed by atoms with Crippen LogP contribution in [0.4, 0.5) is 0 Å². The Labute approximate surface area is 105 Å². The molecule has 1 unspecified atom stereocenters. The SMILES string of the molecule is CC(NC(=O)CCC(=O)N1CCOCC1)C(=O)O. The molecular formula is C11H18N2O5. The quantitative estimate of drug-likeness (QED) is 0.674. The van der Waals surface area contributed by atoms with Gasteiger partial charge < -0.3 is 20.1 Å². The third kappa shape index (κ3) is 4.70. The zero-order valence-electron chi connectivity index (χ0n) is 10.3. The Morgan fingerprint density at radius 1 is 1.28 bits per heavy atom. The third-order valence-corrected chi connectivity index (χ3v) is 2.68. The Balaban J connectivity index is 2.25. The van der Waals surface area contributed by atoms with Gasteiger partial charge in [-0.25, -0.2) is 0 Å². The highest BCUT2D eigenvalue weighted by molar-refractivity contribution is 5.86. The van der Waals surface area contributed by atoms with E-state index < -0.39 is 17.9 Å². The van der Waals surface area contributed by atoms with Crippen molar-refractivity contribution in [1.29, 1.82) is 0 Å². The van der Waals surface area contributed by atoms with Crippen molar-refractivity contribution in [2.45, 2.75) is 25.8 Å². The highest BCUT2D eigenvalue weighted by atomic mass is 16.5. The van der Waals surface area contributed by atoms with Gasteiger partial charge in [0.1, 0.15) is 6.04 Å². The molecule has 0 bridgehead atoms. The van der Waals surface area contributed by atoms with Crippen LogP contribution in [0.2, 0.25) is 0 Å². The molecule has 1 aliphatic heterocycles. The lowest BCUT2D eigenvalue weighted by Gasteiger charge is -2.26. The predicted molar refractivity (Wildman–Crippen MR) is 61.9 cm³/mol. The second-order valence-electron chi connectivity index (χ2n) is 4.12. The van der Waals surface area contributed by atoms with Gasteiger partial charge in [-0.15, -0.1) is 0 Å². The van der Waals surface area contributed by atoms with Crippen molar-refractivity contribution in [2.75, 3.05) is 26.3 Å². The summed E-state index contributed by atoms with van der Waals surface area (Å²) in [6.45, 7) is 3.52. The summed E-state index contributed by atoms with van der Waals surface area (Å²) in [5.74, 6) is -1.62. The minimum atomic E-state index is -1.09. The number of carbonyl (C=O) groups excluding carboxylic acids is 2. The van der Waals surface area contributed by atoms with Crippen LogP contribution < -0.4 is 5.32 Å². The van der Waals surface area contributed by atoms with Crippen molar-refractivity contribution >= 4 is 17.8 Å². The summed E-state index contributed by atoms with van der Waals surface area (Å²) < 4.78 is 5.12. The van der Waals surface area contributed by atoms with Gasteiger partial charge in [0.15, 0.2) is 0 Å². The molecule has 0 saturated carbocycles. The number of nitrogens with one attached hydrogen (secondary N) is 1. The molecule has 1 fully saturated rings. The first kappa shape index (κ1) is 14.4. The fraction of sp³-hybridized carbons (Fsp3) is 0.727. The highest BCUT2D eigenvalue weighted by Crippen LogP contribution is 2.02. The number of hydrogen-bond donors (Lipinski definition) is 2. The Morgan fingerprint density at radius 2 is 1.89 bits per heavy atom. The van der Waals surface area contributed by atoms with Gasteiger partial charge in [0, 0.05) is 25.9 Å². The van der Waals surface area contributed by atoms with E-state index in [0.717, 1.165) is 0 Å². The molecule has 18 heavy (non-hydrogen) atoms. The number of rotatable bonds is 5. The summed E-state index contributed by atoms with van der Waals surface area (Å²) in [6.07, 6.45) is 0.103. The van der Waals surface area contributed by atoms with Crippen molar-refractivity contribution in [3.8, 4) is 0 Å². The van der Waals surface area contributed by atoms with Crippen molar-refractivity contribution in [3.63, 3.8) is 0 Å². The molecule has 2 amide bonds. The molecule has 0 radical (unpaired) electrons. The van der Waals surface area contributed by atoms with Crippen LogP contribution in [0, 0.1) is 0 Å². The van der Waals surface area contributed by atoms with Gasteiger partial charge in [-0.3, -0.25) is 14.4 Å². The fourth-order valence-electron chi connectivity index (χ4n) is 1.57. The maximum atomic E-state index is 11.7. The first-order valence-electron chi connectivity index (χ1n) is 5.88. The molecule has 1 saturated heterocycles. The lowest BCUT2D eigenvalue weighted by atomic mass is 10.2. The van der Waals surface area contributed by atoms with Crippen molar-refractivity contribution in [2.24, 2.45) is 0 Å². The number of nitrogens with zero attached hydrogens (tertiary/aromatic N) is 1. The van der Waals surface area contributed by atoms with Crippen LogP contribution in [0.25, 0.3) is 0 Å². The molecule has 1 aliphatic rings. The largest absolute Gasteiger partial charge is 0.480 e. The predicted octanol–water partition coefficient (Wildman–Crippen LogP) is -0.785. The first-order valence-corrected chi connectivity index (χ1v) is 5.88. The molecule has 7 heteroatoms. The van der Waals surface area contributed by atoms with Gasteiger partial charge in [-0.1, -0.05) is 0 Å². The average Bonchev–Trinajstić information content (AvgIpc) is 2.36. The van der Waals surface area contributed by atoms with Gasteiger partial charge >= 0.3 is 5.97 Å². The topological polar surface area (TPSA) is 95.9 Å². The molecule has 0 aromatic heterocycles. The van der Waals surface area contributed by atoms with Gasteiger partial charge in [0.2, 0.25) is 11.8 Å². The Kier molecular flexibility index (Phi) is 5.57. The number of carboxylic acids is 1. The summed E-state index contributed by atoms with van der Waals surface area (Å²) >= 11 is 0. The molecule has 1 atom stereocenters. The molecule has 1 rings (SSSR count). The molecule has 0 aliphatic carbocycles. The van der Waals surface area contributed by atoms with E-state index in [-0.39, 0.29) is 18.7 Å². The lowest BCUT2D eigenvalue weighted by Crippen LogP contribution is -2.42. The third-order valence-electron chi connectivity index (χ3n) is 2.68. The first-order chi connectivity index (χ1) is 8.50. The molecule has 0 spiro atoms. The second-order valence-corrected chi connectivity index (χ2v) is 4.12. The molecule has 0 aromatic rings. The van der Waals surface area contributed by atoms with Crippen LogP contribution in [0.3, 0.4) is 0 Å². The Bertz CT molecular complexity index is 325. The molecule has 102 valence electrons. The van der Waals surface area contributed by atoms with Crippen LogP contribution in [0.5, 0.6) is 0 Å². The maximum Gasteiger partial charge on any atom is 0.325 e. The number of carbonyl (C=O) groups is 3. The standard InChI is InChI=1S/C11H18N2O5/c1-8(11(16)17)12-9(14)2-3-10(15)13-4-6-18-7-5-13/h8H,2-7H2,1H3,(H,12,14)(H,16,17). The molecule has 7 nitrogen and oxygen atoms in total. The van der Waals surface area contributed by atoms with Crippen molar-refractivity contribution < 1.29 is 24.2 Å². The summed E-state index contributed by atoms with van der Waals surface area (Å²) in [5.41, 5.74) is 0. The molecule has 0 aromatic carbocycles. The highest BCUT2D eigenvalue weighted by Gasteiger charge is 2.19. The smallest absolute Gasteiger partial charge is 0.325 e. The average molecular weight is 258 g/mol. The van der Waals surface area contributed by atoms with E-state index >= 15 is 0 Å². The van der Waals surface area contributed by atoms with Gasteiger partial charge in [0.25, 0.3) is 0 Å². The summed E-state index contributed by atoms with van der Waals surface area (Å²) in [6, 6.07) is -0.934. The summed E-state index contributed by atoms with van der Waals surface area (Å²) in [4.78, 5) is 35.2. The van der Waals surface area contributed by atoms with Crippen molar-refractivity contribution in [1.82, 2.24) is 10.2 Å². The van der Waals surface area contributed by atoms with Crippen LogP contribution in [-0.4, -0.2) is 60.1 Å². The number of morpholine rings is 1. The minimum absolute atomic E-state index is 0.00775. The van der Waals surface area contributed by atoms with E-state index in [1.807, 2.05) is 0 Å². The van der Waals surface area contributed by atoms with E-state index in [1.165, 1.54) is 6.92 Å². The zero-order valence-corrected chi connectivity index (χ0v) is 10.3. The summed E-state index contributed by atoms with van der Waals surface area (Å²) in [5, 5.41) is 10.9. The zero-order chi connectivity index (χ0) is 13.5. The van der Waals surface area contributed by atoms with Gasteiger partial charge in [-0.05, 0) is 6.92 Å². The molecular weight excluding hydrogens is 240 g/mol. The number of carboxylic acid groups (broad SMARTS) is 1. The van der Waals surface area contributed by atoms with Crippen LogP contribution in [-0.2, 0) is 19.1 Å². The number of aliphatic carboxylic acids is 1. The van der Waals surface area contributed by atoms with Crippen LogP contribution in [0.15, 0.2) is 0 Å². The lowest BCUT2D eigenvalue weighted by molar-refractivity contribution is -0.141.